The largest absolute Gasteiger partial charge is 0.464 e. The van der Waals surface area contributed by atoms with Crippen molar-refractivity contribution in [3.8, 4) is 0 Å². The van der Waals surface area contributed by atoms with E-state index in [0.29, 0.717) is 23.9 Å². The Morgan fingerprint density at radius 3 is 2.90 bits per heavy atom. The fourth-order valence-corrected chi connectivity index (χ4v) is 2.40. The van der Waals surface area contributed by atoms with Crippen LogP contribution >= 0.6 is 11.6 Å². The van der Waals surface area contributed by atoms with E-state index < -0.39 is 5.97 Å². The van der Waals surface area contributed by atoms with Crippen LogP contribution in [0.3, 0.4) is 0 Å². The molecule has 0 fully saturated rings. The molecule has 1 aliphatic heterocycles. The van der Waals surface area contributed by atoms with E-state index in [9.17, 15) is 4.79 Å². The maximum atomic E-state index is 11.6. The van der Waals surface area contributed by atoms with Gasteiger partial charge >= 0.3 is 5.97 Å². The molecular formula is C14H13ClN2O3. The standard InChI is InChI=1S/C14H13ClN2O3/c1-19-14(18)13-11-7-20-12(6-17(11)8-16-13)9-2-4-10(15)5-3-9/h2-5,8,12H,6-7H2,1H3. The molecule has 0 bridgehead atoms. The first-order chi connectivity index (χ1) is 9.69. The van der Waals surface area contributed by atoms with Gasteiger partial charge in [-0.1, -0.05) is 23.7 Å². The molecule has 0 aliphatic carbocycles. The molecule has 20 heavy (non-hydrogen) atoms. The Labute approximate surface area is 121 Å². The molecule has 1 unspecified atom stereocenters. The van der Waals surface area contributed by atoms with Gasteiger partial charge in [0, 0.05) is 5.02 Å². The number of nitrogens with zero attached hydrogens (tertiary/aromatic N) is 2. The van der Waals surface area contributed by atoms with E-state index in [1.807, 2.05) is 28.8 Å². The maximum Gasteiger partial charge on any atom is 0.358 e. The molecule has 1 aromatic heterocycles. The Hall–Kier alpha value is -1.85. The van der Waals surface area contributed by atoms with Gasteiger partial charge in [-0.2, -0.15) is 0 Å². The molecule has 0 N–H and O–H groups in total. The quantitative estimate of drug-likeness (QED) is 0.798. The highest BCUT2D eigenvalue weighted by Gasteiger charge is 2.26. The van der Waals surface area contributed by atoms with Gasteiger partial charge in [0.05, 0.1) is 32.3 Å². The number of esters is 1. The number of rotatable bonds is 2. The van der Waals surface area contributed by atoms with Gasteiger partial charge in [-0.05, 0) is 17.7 Å². The van der Waals surface area contributed by atoms with Crippen molar-refractivity contribution in [2.24, 2.45) is 0 Å². The molecular weight excluding hydrogens is 280 g/mol. The summed E-state index contributed by atoms with van der Waals surface area (Å²) in [5.41, 5.74) is 2.12. The average molecular weight is 293 g/mol. The highest BCUT2D eigenvalue weighted by Crippen LogP contribution is 2.28. The summed E-state index contributed by atoms with van der Waals surface area (Å²) in [5.74, 6) is -0.438. The van der Waals surface area contributed by atoms with Gasteiger partial charge in [0.1, 0.15) is 6.10 Å². The zero-order chi connectivity index (χ0) is 14.1. The van der Waals surface area contributed by atoms with Crippen LogP contribution in [0.4, 0.5) is 0 Å². The highest BCUT2D eigenvalue weighted by atomic mass is 35.5. The first-order valence-electron chi connectivity index (χ1n) is 6.18. The van der Waals surface area contributed by atoms with Gasteiger partial charge in [0.25, 0.3) is 0 Å². The fraction of sp³-hybridized carbons (Fsp3) is 0.286. The van der Waals surface area contributed by atoms with Crippen molar-refractivity contribution in [3.05, 3.63) is 52.6 Å². The molecule has 1 atom stereocenters. The molecule has 1 aromatic carbocycles. The Bertz CT molecular complexity index is 636. The first kappa shape index (κ1) is 13.1. The van der Waals surface area contributed by atoms with Crippen molar-refractivity contribution in [2.45, 2.75) is 19.3 Å². The molecule has 0 radical (unpaired) electrons. The van der Waals surface area contributed by atoms with Gasteiger partial charge in [0.2, 0.25) is 0 Å². The number of carbonyl (C=O) groups excluding carboxylic acids is 1. The first-order valence-corrected chi connectivity index (χ1v) is 6.56. The Morgan fingerprint density at radius 1 is 1.45 bits per heavy atom. The molecule has 1 aliphatic rings. The number of hydrogen-bond acceptors (Lipinski definition) is 4. The van der Waals surface area contributed by atoms with Crippen LogP contribution in [0.15, 0.2) is 30.6 Å². The molecule has 0 saturated heterocycles. The lowest BCUT2D eigenvalue weighted by Crippen LogP contribution is -2.22. The highest BCUT2D eigenvalue weighted by molar-refractivity contribution is 6.30. The van der Waals surface area contributed by atoms with E-state index >= 15 is 0 Å². The van der Waals surface area contributed by atoms with E-state index in [4.69, 9.17) is 21.1 Å². The van der Waals surface area contributed by atoms with Crippen LogP contribution in [0.25, 0.3) is 0 Å². The minimum atomic E-state index is -0.438. The Balaban J connectivity index is 1.84. The number of carbonyl (C=O) groups is 1. The number of fused-ring (bicyclic) bond motifs is 1. The summed E-state index contributed by atoms with van der Waals surface area (Å²) in [6, 6.07) is 7.55. The maximum absolute atomic E-state index is 11.6. The summed E-state index contributed by atoms with van der Waals surface area (Å²) in [6.45, 7) is 0.943. The second kappa shape index (κ2) is 5.26. The number of aromatic nitrogens is 2. The van der Waals surface area contributed by atoms with Crippen LogP contribution in [0, 0.1) is 0 Å². The van der Waals surface area contributed by atoms with Crippen LogP contribution in [0.1, 0.15) is 27.8 Å². The van der Waals surface area contributed by atoms with E-state index in [0.717, 1.165) is 11.3 Å². The molecule has 0 spiro atoms. The van der Waals surface area contributed by atoms with E-state index in [-0.39, 0.29) is 6.10 Å². The van der Waals surface area contributed by atoms with Gasteiger partial charge < -0.3 is 14.0 Å². The third-order valence-corrected chi connectivity index (χ3v) is 3.60. The van der Waals surface area contributed by atoms with Gasteiger partial charge in [-0.15, -0.1) is 0 Å². The van der Waals surface area contributed by atoms with Crippen molar-refractivity contribution in [1.29, 1.82) is 0 Å². The number of hydrogen-bond donors (Lipinski definition) is 0. The lowest BCUT2D eigenvalue weighted by atomic mass is 10.1. The van der Waals surface area contributed by atoms with E-state index in [1.165, 1.54) is 7.11 Å². The lowest BCUT2D eigenvalue weighted by Gasteiger charge is -2.25. The number of imidazole rings is 1. The van der Waals surface area contributed by atoms with Gasteiger partial charge in [-0.25, -0.2) is 9.78 Å². The van der Waals surface area contributed by atoms with Crippen molar-refractivity contribution < 1.29 is 14.3 Å². The molecule has 2 heterocycles. The second-order valence-corrected chi connectivity index (χ2v) is 4.97. The zero-order valence-corrected chi connectivity index (χ0v) is 11.6. The molecule has 104 valence electrons. The van der Waals surface area contributed by atoms with Crippen molar-refractivity contribution in [2.75, 3.05) is 7.11 Å². The van der Waals surface area contributed by atoms with E-state index in [2.05, 4.69) is 4.98 Å². The van der Waals surface area contributed by atoms with Gasteiger partial charge in [-0.3, -0.25) is 0 Å². The van der Waals surface area contributed by atoms with Crippen molar-refractivity contribution >= 4 is 17.6 Å². The minimum absolute atomic E-state index is 0.0699. The molecule has 0 saturated carbocycles. The van der Waals surface area contributed by atoms with Crippen LogP contribution in [0.2, 0.25) is 5.02 Å². The summed E-state index contributed by atoms with van der Waals surface area (Å²) in [4.78, 5) is 15.7. The normalized spacial score (nSPS) is 17.6. The molecule has 5 nitrogen and oxygen atoms in total. The molecule has 6 heteroatoms. The summed E-state index contributed by atoms with van der Waals surface area (Å²) in [5, 5.41) is 0.695. The smallest absolute Gasteiger partial charge is 0.358 e. The predicted octanol–water partition coefficient (Wildman–Crippen LogP) is 2.59. The van der Waals surface area contributed by atoms with Crippen LogP contribution in [-0.4, -0.2) is 22.6 Å². The number of halogens is 1. The summed E-state index contributed by atoms with van der Waals surface area (Å²) < 4.78 is 12.4. The average Bonchev–Trinajstić information content (AvgIpc) is 2.90. The van der Waals surface area contributed by atoms with Crippen molar-refractivity contribution in [1.82, 2.24) is 9.55 Å². The number of benzene rings is 1. The Kier molecular flexibility index (Phi) is 3.46. The van der Waals surface area contributed by atoms with Crippen LogP contribution in [-0.2, 0) is 22.6 Å². The molecule has 0 amide bonds. The summed E-state index contributed by atoms with van der Waals surface area (Å²) in [7, 11) is 1.34. The van der Waals surface area contributed by atoms with E-state index in [1.54, 1.807) is 6.33 Å². The number of ether oxygens (including phenoxy) is 2. The summed E-state index contributed by atoms with van der Waals surface area (Å²) in [6.07, 6.45) is 1.58. The topological polar surface area (TPSA) is 53.3 Å². The number of methoxy groups -OCH3 is 1. The van der Waals surface area contributed by atoms with Gasteiger partial charge in [0.15, 0.2) is 5.69 Å². The zero-order valence-electron chi connectivity index (χ0n) is 10.9. The third kappa shape index (κ3) is 2.30. The lowest BCUT2D eigenvalue weighted by molar-refractivity contribution is 0.00202. The Morgan fingerprint density at radius 2 is 2.20 bits per heavy atom. The third-order valence-electron chi connectivity index (χ3n) is 3.35. The summed E-state index contributed by atoms with van der Waals surface area (Å²) >= 11 is 5.88. The second-order valence-electron chi connectivity index (χ2n) is 4.54. The monoisotopic (exact) mass is 292 g/mol. The van der Waals surface area contributed by atoms with Crippen LogP contribution in [0.5, 0.6) is 0 Å². The molecule has 2 aromatic rings. The van der Waals surface area contributed by atoms with Crippen LogP contribution < -0.4 is 0 Å². The minimum Gasteiger partial charge on any atom is -0.464 e. The van der Waals surface area contributed by atoms with Crippen molar-refractivity contribution in [3.63, 3.8) is 0 Å². The SMILES string of the molecule is COC(=O)c1ncn2c1COC(c1ccc(Cl)cc1)C2. The predicted molar refractivity (Wildman–Crippen MR) is 72.5 cm³/mol. The molecule has 3 rings (SSSR count). The fourth-order valence-electron chi connectivity index (χ4n) is 2.27.